The Kier molecular flexibility index (Phi) is 6.35. The van der Waals surface area contributed by atoms with Crippen LogP contribution in [0, 0.1) is 4.77 Å². The number of nitrogens with zero attached hydrogens (tertiary/aromatic N) is 2. The molecule has 3 rings (SSSR count). The number of benzene rings is 1. The van der Waals surface area contributed by atoms with Crippen LogP contribution in [0.4, 0.5) is 11.4 Å². The van der Waals surface area contributed by atoms with Crippen molar-refractivity contribution < 1.29 is 17.9 Å². The minimum absolute atomic E-state index is 0.178. The molecule has 2 heterocycles. The fourth-order valence-electron chi connectivity index (χ4n) is 2.61. The molecule has 1 aromatic carbocycles. The quantitative estimate of drug-likeness (QED) is 0.451. The van der Waals surface area contributed by atoms with Gasteiger partial charge in [0.15, 0.2) is 10.6 Å². The fourth-order valence-corrected chi connectivity index (χ4v) is 4.12. The van der Waals surface area contributed by atoms with Crippen LogP contribution in [-0.4, -0.2) is 42.5 Å². The number of aromatic amines is 1. The number of rotatable bonds is 8. The van der Waals surface area contributed by atoms with Crippen LogP contribution in [0.3, 0.4) is 0 Å². The lowest BCUT2D eigenvalue weighted by Crippen LogP contribution is -2.15. The van der Waals surface area contributed by atoms with Crippen molar-refractivity contribution in [3.05, 3.63) is 40.5 Å². The predicted octanol–water partition coefficient (Wildman–Crippen LogP) is 3.08. The van der Waals surface area contributed by atoms with E-state index in [0.717, 1.165) is 11.1 Å². The van der Waals surface area contributed by atoms with Crippen molar-refractivity contribution in [1.82, 2.24) is 14.8 Å². The van der Waals surface area contributed by atoms with E-state index in [4.69, 9.17) is 17.0 Å². The Balaban J connectivity index is 1.68. The number of nitrogens with one attached hydrogen (secondary N) is 3. The summed E-state index contributed by atoms with van der Waals surface area (Å²) in [4.78, 5) is 13.3. The lowest BCUT2D eigenvalue weighted by molar-refractivity contribution is -0.116. The van der Waals surface area contributed by atoms with E-state index in [9.17, 15) is 13.2 Å². The normalized spacial score (nSPS) is 11.2. The first-order valence-corrected chi connectivity index (χ1v) is 11.6. The third-order valence-electron chi connectivity index (χ3n) is 3.84. The lowest BCUT2D eigenvalue weighted by atomic mass is 10.2. The molecule has 0 aliphatic heterocycles. The first kappa shape index (κ1) is 21.0. The second kappa shape index (κ2) is 8.76. The number of aromatic nitrogens is 3. The second-order valence-electron chi connectivity index (χ2n) is 6.07. The van der Waals surface area contributed by atoms with Gasteiger partial charge in [0.2, 0.25) is 15.9 Å². The number of thiophene rings is 1. The Labute approximate surface area is 176 Å². The molecule has 9 nitrogen and oxygen atoms in total. The highest BCUT2D eigenvalue weighted by molar-refractivity contribution is 7.92. The standard InChI is InChI=1S/C17H19N5O4S3/c1-26-13-10-11(5-6-12(13)21-29(2,24)25)18-15(23)7-8-22-16(19-20-17(22)27)14-4-3-9-28-14/h3-6,9-10,21H,7-8H2,1-2H3,(H,18,23)(H,20,27). The molecule has 0 atom stereocenters. The molecule has 0 saturated carbocycles. The highest BCUT2D eigenvalue weighted by Crippen LogP contribution is 2.29. The number of H-pyrrole nitrogens is 1. The maximum Gasteiger partial charge on any atom is 0.229 e. The van der Waals surface area contributed by atoms with E-state index < -0.39 is 10.0 Å². The summed E-state index contributed by atoms with van der Waals surface area (Å²) in [5.41, 5.74) is 0.776. The van der Waals surface area contributed by atoms with Gasteiger partial charge in [0.1, 0.15) is 5.75 Å². The first-order chi connectivity index (χ1) is 13.8. The first-order valence-electron chi connectivity index (χ1n) is 8.41. The number of amides is 1. The van der Waals surface area contributed by atoms with E-state index in [1.54, 1.807) is 16.7 Å². The molecule has 0 aliphatic rings. The van der Waals surface area contributed by atoms with Gasteiger partial charge in [-0.25, -0.2) is 8.42 Å². The average molecular weight is 454 g/mol. The van der Waals surface area contributed by atoms with Crippen LogP contribution in [0.25, 0.3) is 10.7 Å². The van der Waals surface area contributed by atoms with Crippen LogP contribution < -0.4 is 14.8 Å². The van der Waals surface area contributed by atoms with Gasteiger partial charge in [0.25, 0.3) is 0 Å². The zero-order chi connectivity index (χ0) is 21.0. The Morgan fingerprint density at radius 1 is 1.38 bits per heavy atom. The van der Waals surface area contributed by atoms with Gasteiger partial charge in [-0.15, -0.1) is 11.3 Å². The Morgan fingerprint density at radius 2 is 2.17 bits per heavy atom. The van der Waals surface area contributed by atoms with Gasteiger partial charge in [-0.1, -0.05) is 6.07 Å². The lowest BCUT2D eigenvalue weighted by Gasteiger charge is -2.12. The summed E-state index contributed by atoms with van der Waals surface area (Å²) in [6.45, 7) is 0.360. The summed E-state index contributed by atoms with van der Waals surface area (Å²) in [5, 5.41) is 11.7. The fraction of sp³-hybridized carbons (Fsp3) is 0.235. The molecule has 3 aromatic rings. The number of carbonyl (C=O) groups excluding carboxylic acids is 1. The predicted molar refractivity (Wildman–Crippen MR) is 115 cm³/mol. The molecule has 0 unspecified atom stereocenters. The van der Waals surface area contributed by atoms with Gasteiger partial charge in [0.05, 0.1) is 23.9 Å². The van der Waals surface area contributed by atoms with Crippen molar-refractivity contribution in [3.8, 4) is 16.5 Å². The second-order valence-corrected chi connectivity index (χ2v) is 9.15. The van der Waals surface area contributed by atoms with E-state index in [2.05, 4.69) is 20.2 Å². The van der Waals surface area contributed by atoms with Gasteiger partial charge < -0.3 is 10.1 Å². The zero-order valence-corrected chi connectivity index (χ0v) is 18.1. The highest BCUT2D eigenvalue weighted by Gasteiger charge is 2.13. The smallest absolute Gasteiger partial charge is 0.229 e. The third-order valence-corrected chi connectivity index (χ3v) is 5.61. The van der Waals surface area contributed by atoms with Crippen molar-refractivity contribution >= 4 is 50.9 Å². The minimum Gasteiger partial charge on any atom is -0.494 e. The van der Waals surface area contributed by atoms with Crippen molar-refractivity contribution in [2.75, 3.05) is 23.4 Å². The van der Waals surface area contributed by atoms with E-state index in [1.807, 2.05) is 17.5 Å². The van der Waals surface area contributed by atoms with Crippen LogP contribution in [0.5, 0.6) is 5.75 Å². The van der Waals surface area contributed by atoms with Gasteiger partial charge in [-0.05, 0) is 35.8 Å². The minimum atomic E-state index is -3.44. The van der Waals surface area contributed by atoms with Gasteiger partial charge in [-0.2, -0.15) is 5.10 Å². The molecule has 12 heteroatoms. The number of sulfonamides is 1. The summed E-state index contributed by atoms with van der Waals surface area (Å²) in [7, 11) is -2.03. The molecule has 29 heavy (non-hydrogen) atoms. The summed E-state index contributed by atoms with van der Waals surface area (Å²) in [6.07, 6.45) is 1.23. The van der Waals surface area contributed by atoms with Crippen LogP contribution in [0.1, 0.15) is 6.42 Å². The molecule has 154 valence electrons. The summed E-state index contributed by atoms with van der Waals surface area (Å²) in [6, 6.07) is 8.52. The topological polar surface area (TPSA) is 118 Å². The van der Waals surface area contributed by atoms with Crippen molar-refractivity contribution in [2.45, 2.75) is 13.0 Å². The van der Waals surface area contributed by atoms with E-state index >= 15 is 0 Å². The number of methoxy groups -OCH3 is 1. The van der Waals surface area contributed by atoms with E-state index in [-0.39, 0.29) is 12.3 Å². The molecule has 1 amide bonds. The average Bonchev–Trinajstić information content (AvgIpc) is 3.29. The molecule has 3 N–H and O–H groups in total. The Bertz CT molecular complexity index is 1170. The van der Waals surface area contributed by atoms with Gasteiger partial charge >= 0.3 is 0 Å². The molecule has 2 aromatic heterocycles. The van der Waals surface area contributed by atoms with Crippen LogP contribution in [0.15, 0.2) is 35.7 Å². The van der Waals surface area contributed by atoms with Crippen LogP contribution in [0.2, 0.25) is 0 Å². The Hall–Kier alpha value is -2.70. The van der Waals surface area contributed by atoms with Gasteiger partial charge in [-0.3, -0.25) is 19.2 Å². The maximum atomic E-state index is 12.4. The molecule has 0 fully saturated rings. The number of ether oxygens (including phenoxy) is 1. The molecule has 0 spiro atoms. The van der Waals surface area contributed by atoms with Crippen LogP contribution in [-0.2, 0) is 21.4 Å². The highest BCUT2D eigenvalue weighted by atomic mass is 32.2. The maximum absolute atomic E-state index is 12.4. The molecular formula is C17H19N5O4S3. The SMILES string of the molecule is COc1cc(NC(=O)CCn2c(-c3cccs3)n[nH]c2=S)ccc1NS(C)(=O)=O. The largest absolute Gasteiger partial charge is 0.494 e. The van der Waals surface area contributed by atoms with Gasteiger partial charge in [0, 0.05) is 24.7 Å². The number of carbonyl (C=O) groups is 1. The van der Waals surface area contributed by atoms with Crippen LogP contribution >= 0.6 is 23.6 Å². The zero-order valence-electron chi connectivity index (χ0n) is 15.6. The molecule has 0 radical (unpaired) electrons. The monoisotopic (exact) mass is 453 g/mol. The molecule has 0 bridgehead atoms. The summed E-state index contributed by atoms with van der Waals surface area (Å²) >= 11 is 6.80. The summed E-state index contributed by atoms with van der Waals surface area (Å²) < 4.78 is 32.6. The Morgan fingerprint density at radius 3 is 2.83 bits per heavy atom. The number of hydrogen-bond acceptors (Lipinski definition) is 7. The molecule has 0 saturated heterocycles. The van der Waals surface area contributed by atoms with Crippen molar-refractivity contribution in [2.24, 2.45) is 0 Å². The molecular weight excluding hydrogens is 434 g/mol. The molecule has 0 aliphatic carbocycles. The third kappa shape index (κ3) is 5.43. The van der Waals surface area contributed by atoms with E-state index in [1.165, 1.54) is 24.5 Å². The number of hydrogen-bond donors (Lipinski definition) is 3. The summed E-state index contributed by atoms with van der Waals surface area (Å²) in [5.74, 6) is 0.761. The number of anilines is 2. The van der Waals surface area contributed by atoms with E-state index in [0.29, 0.717) is 34.3 Å². The van der Waals surface area contributed by atoms with Crippen molar-refractivity contribution in [3.63, 3.8) is 0 Å². The van der Waals surface area contributed by atoms with Crippen molar-refractivity contribution in [1.29, 1.82) is 0 Å².